The first-order chi connectivity index (χ1) is 11.0. The average molecular weight is 315 g/mol. The zero-order chi connectivity index (χ0) is 16.4. The van der Waals surface area contributed by atoms with Crippen LogP contribution in [0.25, 0.3) is 0 Å². The smallest absolute Gasteiger partial charge is 0.338 e. The van der Waals surface area contributed by atoms with Crippen LogP contribution in [0.1, 0.15) is 40.4 Å². The highest BCUT2D eigenvalue weighted by molar-refractivity contribution is 5.94. The largest absolute Gasteiger partial charge is 0.345 e. The molecule has 1 fully saturated rings. The third-order valence-electron chi connectivity index (χ3n) is 4.26. The van der Waals surface area contributed by atoms with E-state index in [2.05, 4.69) is 9.97 Å². The van der Waals surface area contributed by atoms with Crippen LogP contribution >= 0.6 is 0 Å². The topological polar surface area (TPSA) is 66.1 Å². The number of hydrogen-bond donors (Lipinski definition) is 1. The lowest BCUT2D eigenvalue weighted by molar-refractivity contribution is 0.0705. The van der Waals surface area contributed by atoms with E-state index in [0.29, 0.717) is 24.2 Å². The van der Waals surface area contributed by atoms with Gasteiger partial charge < -0.3 is 9.88 Å². The molecule has 0 bridgehead atoms. The van der Waals surface area contributed by atoms with Gasteiger partial charge in [-0.25, -0.2) is 14.2 Å². The Hall–Kier alpha value is -2.50. The van der Waals surface area contributed by atoms with Crippen molar-refractivity contribution < 1.29 is 9.18 Å². The van der Waals surface area contributed by atoms with Crippen LogP contribution in [0.15, 0.2) is 35.3 Å². The molecule has 23 heavy (non-hydrogen) atoms. The second-order valence-corrected chi connectivity index (χ2v) is 5.88. The standard InChI is InChI=1S/C17H18FN3O2/c1-11-4-5-12(9-14(11)18)16(22)21-8-2-3-13(10-21)15-6-7-19-17(23)20-15/h4-7,9,13H,2-3,8,10H2,1H3,(H,19,20,23)/t13-/m0/s1. The summed E-state index contributed by atoms with van der Waals surface area (Å²) in [5, 5.41) is 0. The number of nitrogens with one attached hydrogen (secondary N) is 1. The maximum absolute atomic E-state index is 13.7. The van der Waals surface area contributed by atoms with Gasteiger partial charge in [0.15, 0.2) is 0 Å². The van der Waals surface area contributed by atoms with Crippen molar-refractivity contribution in [1.82, 2.24) is 14.9 Å². The van der Waals surface area contributed by atoms with Crippen molar-refractivity contribution in [3.8, 4) is 0 Å². The lowest BCUT2D eigenvalue weighted by atomic mass is 9.94. The van der Waals surface area contributed by atoms with Gasteiger partial charge >= 0.3 is 5.69 Å². The van der Waals surface area contributed by atoms with Crippen molar-refractivity contribution in [3.05, 3.63) is 63.6 Å². The van der Waals surface area contributed by atoms with Crippen LogP contribution in [0, 0.1) is 12.7 Å². The number of nitrogens with zero attached hydrogens (tertiary/aromatic N) is 2. The van der Waals surface area contributed by atoms with E-state index in [-0.39, 0.29) is 23.3 Å². The fraction of sp³-hybridized carbons (Fsp3) is 0.353. The molecular formula is C17H18FN3O2. The number of aromatic nitrogens is 2. The van der Waals surface area contributed by atoms with Gasteiger partial charge in [0.05, 0.1) is 0 Å². The van der Waals surface area contributed by atoms with Crippen LogP contribution in [-0.4, -0.2) is 33.9 Å². The molecule has 1 amide bonds. The predicted molar refractivity (Wildman–Crippen MR) is 83.9 cm³/mol. The van der Waals surface area contributed by atoms with Gasteiger partial charge in [0.2, 0.25) is 0 Å². The molecule has 0 aliphatic carbocycles. The number of carbonyl (C=O) groups excluding carboxylic acids is 1. The number of amides is 1. The summed E-state index contributed by atoms with van der Waals surface area (Å²) in [5.41, 5.74) is 1.29. The SMILES string of the molecule is Cc1ccc(C(=O)N2CCC[C@H](c3ccnc(=O)[nH]3)C2)cc1F. The third kappa shape index (κ3) is 3.31. The van der Waals surface area contributed by atoms with Gasteiger partial charge in [0.25, 0.3) is 5.91 Å². The minimum Gasteiger partial charge on any atom is -0.338 e. The second kappa shape index (κ2) is 6.32. The van der Waals surface area contributed by atoms with E-state index in [4.69, 9.17) is 0 Å². The molecule has 0 spiro atoms. The number of rotatable bonds is 2. The number of carbonyl (C=O) groups is 1. The number of hydrogen-bond acceptors (Lipinski definition) is 3. The maximum Gasteiger partial charge on any atom is 0.345 e. The van der Waals surface area contributed by atoms with E-state index in [1.807, 2.05) is 0 Å². The third-order valence-corrected chi connectivity index (χ3v) is 4.26. The van der Waals surface area contributed by atoms with Gasteiger partial charge in [0.1, 0.15) is 5.82 Å². The summed E-state index contributed by atoms with van der Waals surface area (Å²) >= 11 is 0. The molecular weight excluding hydrogens is 297 g/mol. The Morgan fingerprint density at radius 3 is 2.96 bits per heavy atom. The van der Waals surface area contributed by atoms with E-state index in [0.717, 1.165) is 18.5 Å². The van der Waals surface area contributed by atoms with Crippen LogP contribution in [-0.2, 0) is 0 Å². The molecule has 2 aromatic rings. The summed E-state index contributed by atoms with van der Waals surface area (Å²) in [7, 11) is 0. The Labute approximate surface area is 133 Å². The summed E-state index contributed by atoms with van der Waals surface area (Å²) < 4.78 is 13.7. The molecule has 2 heterocycles. The summed E-state index contributed by atoms with van der Waals surface area (Å²) in [6, 6.07) is 6.32. The fourth-order valence-corrected chi connectivity index (χ4v) is 2.94. The number of halogens is 1. The second-order valence-electron chi connectivity index (χ2n) is 5.88. The first-order valence-corrected chi connectivity index (χ1v) is 7.65. The van der Waals surface area contributed by atoms with E-state index in [9.17, 15) is 14.0 Å². The zero-order valence-electron chi connectivity index (χ0n) is 12.9. The summed E-state index contributed by atoms with van der Waals surface area (Å²) in [5.74, 6) is -0.480. The molecule has 0 unspecified atom stereocenters. The fourth-order valence-electron chi connectivity index (χ4n) is 2.94. The molecule has 6 heteroatoms. The van der Waals surface area contributed by atoms with Crippen molar-refractivity contribution in [2.45, 2.75) is 25.7 Å². The molecule has 1 aromatic heterocycles. The van der Waals surface area contributed by atoms with Gasteiger partial charge in [-0.3, -0.25) is 4.79 Å². The Morgan fingerprint density at radius 2 is 2.22 bits per heavy atom. The number of aryl methyl sites for hydroxylation is 1. The highest BCUT2D eigenvalue weighted by atomic mass is 19.1. The van der Waals surface area contributed by atoms with Gasteiger partial charge in [-0.15, -0.1) is 0 Å². The highest BCUT2D eigenvalue weighted by Gasteiger charge is 2.26. The number of piperidine rings is 1. The molecule has 0 saturated carbocycles. The van der Waals surface area contributed by atoms with Gasteiger partial charge in [0, 0.05) is 36.5 Å². The molecule has 0 radical (unpaired) electrons. The Bertz CT molecular complexity index is 787. The van der Waals surface area contributed by atoms with Crippen LogP contribution in [0.5, 0.6) is 0 Å². The molecule has 1 atom stereocenters. The first kappa shape index (κ1) is 15.4. The number of benzene rings is 1. The van der Waals surface area contributed by atoms with Crippen LogP contribution in [0.4, 0.5) is 4.39 Å². The Kier molecular flexibility index (Phi) is 4.23. The maximum atomic E-state index is 13.7. The van der Waals surface area contributed by atoms with Crippen molar-refractivity contribution in [3.63, 3.8) is 0 Å². The van der Waals surface area contributed by atoms with Gasteiger partial charge in [-0.2, -0.15) is 0 Å². The number of likely N-dealkylation sites (tertiary alicyclic amines) is 1. The quantitative estimate of drug-likeness (QED) is 0.924. The molecule has 120 valence electrons. The first-order valence-electron chi connectivity index (χ1n) is 7.65. The predicted octanol–water partition coefficient (Wildman–Crippen LogP) is 2.24. The van der Waals surface area contributed by atoms with Crippen LogP contribution in [0.3, 0.4) is 0 Å². The molecule has 1 aromatic carbocycles. The van der Waals surface area contributed by atoms with Gasteiger partial charge in [-0.05, 0) is 43.5 Å². The summed E-state index contributed by atoms with van der Waals surface area (Å²) in [6.07, 6.45) is 3.21. The van der Waals surface area contributed by atoms with Crippen molar-refractivity contribution in [1.29, 1.82) is 0 Å². The lowest BCUT2D eigenvalue weighted by Crippen LogP contribution is -2.39. The number of aromatic amines is 1. The monoisotopic (exact) mass is 315 g/mol. The zero-order valence-corrected chi connectivity index (χ0v) is 12.9. The van der Waals surface area contributed by atoms with Crippen molar-refractivity contribution >= 4 is 5.91 Å². The van der Waals surface area contributed by atoms with Gasteiger partial charge in [-0.1, -0.05) is 6.07 Å². The molecule has 1 saturated heterocycles. The molecule has 1 aliphatic heterocycles. The molecule has 5 nitrogen and oxygen atoms in total. The van der Waals surface area contributed by atoms with E-state index in [1.165, 1.54) is 12.3 Å². The highest BCUT2D eigenvalue weighted by Crippen LogP contribution is 2.26. The van der Waals surface area contributed by atoms with Crippen molar-refractivity contribution in [2.75, 3.05) is 13.1 Å². The van der Waals surface area contributed by atoms with E-state index < -0.39 is 0 Å². The normalized spacial score (nSPS) is 18.0. The van der Waals surface area contributed by atoms with E-state index >= 15 is 0 Å². The summed E-state index contributed by atoms with van der Waals surface area (Å²) in [6.45, 7) is 2.81. The Morgan fingerprint density at radius 1 is 1.39 bits per heavy atom. The molecule has 1 aliphatic rings. The average Bonchev–Trinajstić information content (AvgIpc) is 2.57. The number of H-pyrrole nitrogens is 1. The van der Waals surface area contributed by atoms with Crippen LogP contribution in [0.2, 0.25) is 0 Å². The lowest BCUT2D eigenvalue weighted by Gasteiger charge is -2.32. The summed E-state index contributed by atoms with van der Waals surface area (Å²) in [4.78, 5) is 32.0. The van der Waals surface area contributed by atoms with Crippen LogP contribution < -0.4 is 5.69 Å². The minimum absolute atomic E-state index is 0.0682. The molecule has 1 N–H and O–H groups in total. The molecule has 3 rings (SSSR count). The van der Waals surface area contributed by atoms with Crippen molar-refractivity contribution in [2.24, 2.45) is 0 Å². The van der Waals surface area contributed by atoms with E-state index in [1.54, 1.807) is 30.0 Å². The Balaban J connectivity index is 1.79. The minimum atomic E-state index is -0.383.